The van der Waals surface area contributed by atoms with Crippen molar-refractivity contribution in [3.63, 3.8) is 0 Å². The Balaban J connectivity index is 2.36. The monoisotopic (exact) mass is 427 g/mol. The van der Waals surface area contributed by atoms with Crippen molar-refractivity contribution in [2.75, 3.05) is 0 Å². The summed E-state index contributed by atoms with van der Waals surface area (Å²) in [4.78, 5) is 11.3. The number of halogens is 6. The van der Waals surface area contributed by atoms with E-state index in [0.29, 0.717) is 12.4 Å². The number of nitro groups is 1. The van der Waals surface area contributed by atoms with Gasteiger partial charge in [-0.25, -0.2) is 39.3 Å². The lowest BCUT2D eigenvalue weighted by Crippen LogP contribution is -2.19. The summed E-state index contributed by atoms with van der Waals surface area (Å²) in [5.74, 6) is -12.6. The Bertz CT molecular complexity index is 1220. The molecule has 0 aliphatic carbocycles. The van der Waals surface area contributed by atoms with Crippen LogP contribution in [0.5, 0.6) is 0 Å². The van der Waals surface area contributed by atoms with Crippen molar-refractivity contribution >= 4 is 38.3 Å². The molecule has 0 aliphatic heterocycles. The van der Waals surface area contributed by atoms with Gasteiger partial charge < -0.3 is 0 Å². The smallest absolute Gasteiger partial charge is 0.258 e. The van der Waals surface area contributed by atoms with E-state index in [2.05, 4.69) is 4.98 Å². The van der Waals surface area contributed by atoms with Crippen LogP contribution in [0.4, 0.5) is 27.6 Å². The maximum absolute atomic E-state index is 13.9. The molecule has 14 heteroatoms. The highest BCUT2D eigenvalue weighted by molar-refractivity contribution is 7.90. The molecule has 2 heterocycles. The molecule has 7 nitrogen and oxygen atoms in total. The molecule has 0 unspecified atom stereocenters. The third-order valence-electron chi connectivity index (χ3n) is 3.48. The molecule has 2 aromatic heterocycles. The maximum Gasteiger partial charge on any atom is 0.306 e. The molecule has 0 saturated carbocycles. The third kappa shape index (κ3) is 2.61. The number of aromatic nitrogens is 2. The average Bonchev–Trinajstić information content (AvgIpc) is 3.04. The van der Waals surface area contributed by atoms with Gasteiger partial charge in [-0.15, -0.1) is 0 Å². The highest BCUT2D eigenvalue weighted by Gasteiger charge is 2.35. The SMILES string of the molecule is O=[N+]([O-])c1cnc2c(ccn2S(=O)(=O)c2c(F)c(F)c(F)c(F)c2F)c1Cl. The van der Waals surface area contributed by atoms with Crippen LogP contribution in [0.2, 0.25) is 5.02 Å². The highest BCUT2D eigenvalue weighted by atomic mass is 35.5. The van der Waals surface area contributed by atoms with Gasteiger partial charge in [0.15, 0.2) is 33.8 Å². The number of hydrogen-bond donors (Lipinski definition) is 0. The molecule has 0 amide bonds. The molecule has 142 valence electrons. The van der Waals surface area contributed by atoms with Gasteiger partial charge in [0.25, 0.3) is 10.0 Å². The van der Waals surface area contributed by atoms with Crippen molar-refractivity contribution in [2.24, 2.45) is 0 Å². The summed E-state index contributed by atoms with van der Waals surface area (Å²) in [6.45, 7) is 0. The van der Waals surface area contributed by atoms with E-state index in [0.717, 1.165) is 6.07 Å². The summed E-state index contributed by atoms with van der Waals surface area (Å²) in [6, 6.07) is 0.918. The Morgan fingerprint density at radius 2 is 1.56 bits per heavy atom. The second-order valence-corrected chi connectivity index (χ2v) is 7.10. The van der Waals surface area contributed by atoms with Crippen molar-refractivity contribution in [3.8, 4) is 0 Å². The fourth-order valence-electron chi connectivity index (χ4n) is 2.25. The number of hydrogen-bond acceptors (Lipinski definition) is 5. The third-order valence-corrected chi connectivity index (χ3v) is 5.56. The number of pyridine rings is 1. The maximum atomic E-state index is 13.9. The molecule has 1 aromatic carbocycles. The normalized spacial score (nSPS) is 11.9. The van der Waals surface area contributed by atoms with Crippen LogP contribution in [0, 0.1) is 39.2 Å². The van der Waals surface area contributed by atoms with Crippen LogP contribution in [-0.4, -0.2) is 22.3 Å². The van der Waals surface area contributed by atoms with Gasteiger partial charge in [-0.1, -0.05) is 11.6 Å². The van der Waals surface area contributed by atoms with Crippen LogP contribution < -0.4 is 0 Å². The highest BCUT2D eigenvalue weighted by Crippen LogP contribution is 2.34. The van der Waals surface area contributed by atoms with Gasteiger partial charge in [0.2, 0.25) is 5.82 Å². The molecule has 0 spiro atoms. The average molecular weight is 428 g/mol. The summed E-state index contributed by atoms with van der Waals surface area (Å²) in [7, 11) is -5.37. The minimum Gasteiger partial charge on any atom is -0.258 e. The van der Waals surface area contributed by atoms with Crippen molar-refractivity contribution in [1.29, 1.82) is 0 Å². The Hall–Kier alpha value is -2.80. The molecule has 0 aliphatic rings. The van der Waals surface area contributed by atoms with Crippen LogP contribution in [0.1, 0.15) is 0 Å². The Kier molecular flexibility index (Phi) is 4.31. The first-order chi connectivity index (χ1) is 12.5. The molecular formula is C13H3ClF5N3O4S. The van der Waals surface area contributed by atoms with Crippen LogP contribution in [0.15, 0.2) is 23.4 Å². The standard InChI is InChI=1S/C13H3ClF5N3O4S/c14-6-4-1-2-21(13(4)20-3-5(6)22(23)24)27(25,26)12-10(18)8(16)7(15)9(17)11(12)19/h1-3H. The van der Waals surface area contributed by atoms with E-state index in [4.69, 9.17) is 11.6 Å². The quantitative estimate of drug-likeness (QED) is 0.209. The van der Waals surface area contributed by atoms with E-state index < -0.39 is 65.3 Å². The Labute approximate surface area is 150 Å². The van der Waals surface area contributed by atoms with E-state index in [-0.39, 0.29) is 9.36 Å². The molecule has 27 heavy (non-hydrogen) atoms. The first-order valence-electron chi connectivity index (χ1n) is 6.57. The van der Waals surface area contributed by atoms with Crippen molar-refractivity contribution in [2.45, 2.75) is 4.90 Å². The molecule has 0 bridgehead atoms. The van der Waals surface area contributed by atoms with E-state index in [1.165, 1.54) is 0 Å². The van der Waals surface area contributed by atoms with Gasteiger partial charge in [0, 0.05) is 11.6 Å². The fraction of sp³-hybridized carbons (Fsp3) is 0. The molecule has 0 fully saturated rings. The van der Waals surface area contributed by atoms with Gasteiger partial charge in [-0.3, -0.25) is 10.1 Å². The minimum atomic E-state index is -5.37. The van der Waals surface area contributed by atoms with Crippen molar-refractivity contribution in [1.82, 2.24) is 8.96 Å². The van der Waals surface area contributed by atoms with E-state index in [1.54, 1.807) is 0 Å². The Morgan fingerprint density at radius 1 is 1.04 bits per heavy atom. The number of fused-ring (bicyclic) bond motifs is 1. The summed E-state index contributed by atoms with van der Waals surface area (Å²) in [5.41, 5.74) is -1.30. The molecular weight excluding hydrogens is 425 g/mol. The van der Waals surface area contributed by atoms with Gasteiger partial charge in [-0.05, 0) is 6.07 Å². The minimum absolute atomic E-state index is 0.0935. The van der Waals surface area contributed by atoms with Crippen molar-refractivity contribution in [3.05, 3.63) is 62.7 Å². The number of nitrogens with zero attached hydrogens (tertiary/aromatic N) is 3. The zero-order valence-corrected chi connectivity index (χ0v) is 14.0. The fourth-order valence-corrected chi connectivity index (χ4v) is 3.94. The molecule has 0 saturated heterocycles. The molecule has 0 atom stereocenters. The van der Waals surface area contributed by atoms with Gasteiger partial charge in [0.1, 0.15) is 11.2 Å². The van der Waals surface area contributed by atoms with E-state index in [9.17, 15) is 40.5 Å². The van der Waals surface area contributed by atoms with Crippen molar-refractivity contribution < 1.29 is 35.3 Å². The predicted octanol–water partition coefficient (Wildman–Crippen LogP) is 3.53. The van der Waals surface area contributed by atoms with Gasteiger partial charge in [0.05, 0.1) is 4.92 Å². The largest absolute Gasteiger partial charge is 0.306 e. The predicted molar refractivity (Wildman–Crippen MR) is 80.2 cm³/mol. The lowest BCUT2D eigenvalue weighted by molar-refractivity contribution is -0.384. The van der Waals surface area contributed by atoms with Crippen LogP contribution in [0.25, 0.3) is 11.0 Å². The molecule has 0 radical (unpaired) electrons. The summed E-state index contributed by atoms with van der Waals surface area (Å²) < 4.78 is 92.7. The van der Waals surface area contributed by atoms with Crippen LogP contribution >= 0.6 is 11.6 Å². The number of benzene rings is 1. The number of rotatable bonds is 3. The topological polar surface area (TPSA) is 95.1 Å². The van der Waals surface area contributed by atoms with Gasteiger partial charge >= 0.3 is 5.69 Å². The zero-order chi connectivity index (χ0) is 20.3. The second-order valence-electron chi connectivity index (χ2n) is 4.97. The molecule has 3 aromatic rings. The van der Waals surface area contributed by atoms with Crippen LogP contribution in [0.3, 0.4) is 0 Å². The first kappa shape index (κ1) is 19.0. The Morgan fingerprint density at radius 3 is 2.07 bits per heavy atom. The van der Waals surface area contributed by atoms with E-state index >= 15 is 0 Å². The summed E-state index contributed by atoms with van der Waals surface area (Å²) in [5, 5.41) is 10.0. The zero-order valence-electron chi connectivity index (χ0n) is 12.4. The van der Waals surface area contributed by atoms with Gasteiger partial charge in [-0.2, -0.15) is 0 Å². The second kappa shape index (κ2) is 6.13. The van der Waals surface area contributed by atoms with Crippen LogP contribution in [-0.2, 0) is 10.0 Å². The lowest BCUT2D eigenvalue weighted by Gasteiger charge is -2.11. The first-order valence-corrected chi connectivity index (χ1v) is 8.39. The molecule has 3 rings (SSSR count). The molecule has 0 N–H and O–H groups in total. The summed E-state index contributed by atoms with van der Waals surface area (Å²) >= 11 is 5.77. The van der Waals surface area contributed by atoms with E-state index in [1.807, 2.05) is 0 Å². The lowest BCUT2D eigenvalue weighted by atomic mass is 10.3. The summed E-state index contributed by atoms with van der Waals surface area (Å²) in [6.07, 6.45) is 1.23.